The fourth-order valence-electron chi connectivity index (χ4n) is 5.56. The van der Waals surface area contributed by atoms with Crippen LogP contribution in [0.4, 0.5) is 0 Å². The third-order valence-electron chi connectivity index (χ3n) is 8.27. The minimum Gasteiger partial charge on any atom is -0.478 e. The molecule has 224 valence electrons. The number of halogens is 2. The molecule has 1 aliphatic rings. The Balaban J connectivity index is 1.24. The standard InChI is InChI=1S/C34H41Cl2N3O3/c1-33(2,42-30-14-8-24(9-15-30)18-21-37-31(40)26-10-12-27(35)13-11-26)32(41)38-29-16-19-34(20-17-29,39(3)4)23-25-6-5-7-28(36)22-25/h5-15,22,29H,16-21,23H2,1-4H3,(H,37,40)(H,38,41). The molecule has 2 amide bonds. The molecule has 0 aliphatic heterocycles. The molecule has 0 aromatic heterocycles. The molecule has 0 unspecified atom stereocenters. The fraction of sp³-hybridized carbons (Fsp3) is 0.412. The second kappa shape index (κ2) is 13.9. The normalized spacial score (nSPS) is 18.9. The highest BCUT2D eigenvalue weighted by atomic mass is 35.5. The van der Waals surface area contributed by atoms with E-state index in [-0.39, 0.29) is 23.4 Å². The molecule has 1 fully saturated rings. The Morgan fingerprint density at radius 3 is 2.21 bits per heavy atom. The average molecular weight is 611 g/mol. The lowest BCUT2D eigenvalue weighted by molar-refractivity contribution is -0.135. The summed E-state index contributed by atoms with van der Waals surface area (Å²) in [6.07, 6.45) is 5.39. The molecular weight excluding hydrogens is 569 g/mol. The van der Waals surface area contributed by atoms with E-state index in [1.165, 1.54) is 5.56 Å². The van der Waals surface area contributed by atoms with Gasteiger partial charge in [-0.05, 0) is 126 Å². The van der Waals surface area contributed by atoms with Crippen LogP contribution < -0.4 is 15.4 Å². The summed E-state index contributed by atoms with van der Waals surface area (Å²) >= 11 is 12.1. The Hall–Kier alpha value is -3.06. The summed E-state index contributed by atoms with van der Waals surface area (Å²) in [6.45, 7) is 4.11. The molecule has 0 radical (unpaired) electrons. The molecule has 0 atom stereocenters. The van der Waals surface area contributed by atoms with Crippen molar-refractivity contribution in [2.45, 2.75) is 69.6 Å². The van der Waals surface area contributed by atoms with Crippen molar-refractivity contribution in [3.05, 3.63) is 99.5 Å². The molecular formula is C34H41Cl2N3O3. The molecule has 0 heterocycles. The lowest BCUT2D eigenvalue weighted by Gasteiger charge is -2.46. The van der Waals surface area contributed by atoms with Crippen LogP contribution >= 0.6 is 23.2 Å². The van der Waals surface area contributed by atoms with Crippen LogP contribution in [0.25, 0.3) is 0 Å². The van der Waals surface area contributed by atoms with Crippen LogP contribution in [0.5, 0.6) is 5.75 Å². The number of hydrogen-bond acceptors (Lipinski definition) is 4. The van der Waals surface area contributed by atoms with Crippen LogP contribution in [0.1, 0.15) is 61.0 Å². The van der Waals surface area contributed by atoms with Gasteiger partial charge in [0, 0.05) is 33.7 Å². The molecule has 0 bridgehead atoms. The van der Waals surface area contributed by atoms with Crippen molar-refractivity contribution < 1.29 is 14.3 Å². The topological polar surface area (TPSA) is 70.7 Å². The summed E-state index contributed by atoms with van der Waals surface area (Å²) in [4.78, 5) is 27.9. The summed E-state index contributed by atoms with van der Waals surface area (Å²) < 4.78 is 6.13. The molecule has 6 nitrogen and oxygen atoms in total. The number of benzene rings is 3. The monoisotopic (exact) mass is 609 g/mol. The van der Waals surface area contributed by atoms with E-state index in [9.17, 15) is 9.59 Å². The van der Waals surface area contributed by atoms with Gasteiger partial charge in [-0.3, -0.25) is 9.59 Å². The first kappa shape index (κ1) is 31.9. The van der Waals surface area contributed by atoms with Crippen molar-refractivity contribution in [2.24, 2.45) is 0 Å². The smallest absolute Gasteiger partial charge is 0.263 e. The molecule has 3 aromatic rings. The number of nitrogens with zero attached hydrogens (tertiary/aromatic N) is 1. The van der Waals surface area contributed by atoms with Gasteiger partial charge in [-0.15, -0.1) is 0 Å². The second-order valence-corrected chi connectivity index (χ2v) is 12.8. The third kappa shape index (κ3) is 8.50. The molecule has 42 heavy (non-hydrogen) atoms. The van der Waals surface area contributed by atoms with Crippen LogP contribution in [0.3, 0.4) is 0 Å². The minimum atomic E-state index is -1.02. The largest absolute Gasteiger partial charge is 0.478 e. The molecule has 1 saturated carbocycles. The first-order chi connectivity index (χ1) is 20.0. The maximum atomic E-state index is 13.3. The SMILES string of the molecule is CN(C)C1(Cc2cccc(Cl)c2)CCC(NC(=O)C(C)(C)Oc2ccc(CCNC(=O)c3ccc(Cl)cc3)cc2)CC1. The minimum absolute atomic E-state index is 0.0400. The predicted octanol–water partition coefficient (Wildman–Crippen LogP) is 6.73. The van der Waals surface area contributed by atoms with E-state index in [2.05, 4.69) is 35.7 Å². The maximum Gasteiger partial charge on any atom is 0.263 e. The summed E-state index contributed by atoms with van der Waals surface area (Å²) in [7, 11) is 4.28. The van der Waals surface area contributed by atoms with Crippen LogP contribution in [-0.4, -0.2) is 54.5 Å². The van der Waals surface area contributed by atoms with E-state index in [4.69, 9.17) is 27.9 Å². The number of nitrogens with one attached hydrogen (secondary N) is 2. The van der Waals surface area contributed by atoms with Gasteiger partial charge in [0.1, 0.15) is 5.75 Å². The van der Waals surface area contributed by atoms with Crippen molar-refractivity contribution >= 4 is 35.0 Å². The van der Waals surface area contributed by atoms with E-state index in [1.54, 1.807) is 38.1 Å². The van der Waals surface area contributed by atoms with E-state index in [0.717, 1.165) is 42.7 Å². The second-order valence-electron chi connectivity index (χ2n) is 11.9. The summed E-state index contributed by atoms with van der Waals surface area (Å²) in [6, 6.07) is 22.7. The van der Waals surface area contributed by atoms with Gasteiger partial charge < -0.3 is 20.3 Å². The third-order valence-corrected chi connectivity index (χ3v) is 8.76. The molecule has 3 aromatic carbocycles. The van der Waals surface area contributed by atoms with Gasteiger partial charge in [0.25, 0.3) is 11.8 Å². The predicted molar refractivity (Wildman–Crippen MR) is 171 cm³/mol. The molecule has 4 rings (SSSR count). The van der Waals surface area contributed by atoms with Gasteiger partial charge in [-0.1, -0.05) is 47.5 Å². The van der Waals surface area contributed by atoms with Crippen molar-refractivity contribution in [1.82, 2.24) is 15.5 Å². The van der Waals surface area contributed by atoms with Gasteiger partial charge in [0.2, 0.25) is 0 Å². The van der Waals surface area contributed by atoms with Gasteiger partial charge in [-0.2, -0.15) is 0 Å². The Morgan fingerprint density at radius 1 is 0.929 bits per heavy atom. The number of carbonyl (C=O) groups excluding carboxylic acids is 2. The number of carbonyl (C=O) groups is 2. The highest BCUT2D eigenvalue weighted by Crippen LogP contribution is 2.36. The summed E-state index contributed by atoms with van der Waals surface area (Å²) in [5.41, 5.74) is 1.89. The maximum absolute atomic E-state index is 13.3. The summed E-state index contributed by atoms with van der Waals surface area (Å²) in [5, 5.41) is 7.53. The van der Waals surface area contributed by atoms with Crippen LogP contribution in [-0.2, 0) is 17.6 Å². The highest BCUT2D eigenvalue weighted by Gasteiger charge is 2.39. The molecule has 0 saturated heterocycles. The van der Waals surface area contributed by atoms with Crippen molar-refractivity contribution in [1.29, 1.82) is 0 Å². The number of amides is 2. The number of likely N-dealkylation sites (N-methyl/N-ethyl adjacent to an activating group) is 1. The lowest BCUT2D eigenvalue weighted by Crippen LogP contribution is -2.55. The van der Waals surface area contributed by atoms with E-state index in [0.29, 0.717) is 29.3 Å². The zero-order valence-electron chi connectivity index (χ0n) is 24.9. The van der Waals surface area contributed by atoms with Crippen LogP contribution in [0, 0.1) is 0 Å². The van der Waals surface area contributed by atoms with Gasteiger partial charge in [0.15, 0.2) is 5.60 Å². The number of hydrogen-bond donors (Lipinski definition) is 2. The quantitative estimate of drug-likeness (QED) is 0.253. The van der Waals surface area contributed by atoms with Crippen molar-refractivity contribution in [3.8, 4) is 5.75 Å². The lowest BCUT2D eigenvalue weighted by atomic mass is 9.74. The van der Waals surface area contributed by atoms with Crippen molar-refractivity contribution in [2.75, 3.05) is 20.6 Å². The Bertz CT molecular complexity index is 1350. The highest BCUT2D eigenvalue weighted by molar-refractivity contribution is 6.30. The Morgan fingerprint density at radius 2 is 1.60 bits per heavy atom. The van der Waals surface area contributed by atoms with Crippen LogP contribution in [0.15, 0.2) is 72.8 Å². The molecule has 1 aliphatic carbocycles. The zero-order chi connectivity index (χ0) is 30.3. The van der Waals surface area contributed by atoms with E-state index in [1.807, 2.05) is 42.5 Å². The fourth-order valence-corrected chi connectivity index (χ4v) is 5.90. The van der Waals surface area contributed by atoms with Crippen molar-refractivity contribution in [3.63, 3.8) is 0 Å². The first-order valence-corrected chi connectivity index (χ1v) is 15.3. The van der Waals surface area contributed by atoms with Gasteiger partial charge in [0.05, 0.1) is 0 Å². The Kier molecular flexibility index (Phi) is 10.6. The first-order valence-electron chi connectivity index (χ1n) is 14.5. The average Bonchev–Trinajstić information content (AvgIpc) is 2.95. The summed E-state index contributed by atoms with van der Waals surface area (Å²) in [5.74, 6) is 0.375. The Labute approximate surface area is 259 Å². The van der Waals surface area contributed by atoms with Crippen LogP contribution in [0.2, 0.25) is 10.0 Å². The zero-order valence-corrected chi connectivity index (χ0v) is 26.4. The van der Waals surface area contributed by atoms with E-state index >= 15 is 0 Å². The number of rotatable bonds is 11. The molecule has 2 N–H and O–H groups in total. The number of ether oxygens (including phenoxy) is 1. The molecule has 8 heteroatoms. The molecule has 0 spiro atoms. The van der Waals surface area contributed by atoms with E-state index < -0.39 is 5.60 Å². The van der Waals surface area contributed by atoms with Gasteiger partial charge >= 0.3 is 0 Å². The van der Waals surface area contributed by atoms with Gasteiger partial charge in [-0.25, -0.2) is 0 Å².